The molecule has 1 aliphatic rings. The first-order chi connectivity index (χ1) is 15.6. The number of imide groups is 1. The summed E-state index contributed by atoms with van der Waals surface area (Å²) in [5.74, 6) is -3.56. The number of fused-ring (bicyclic) bond motifs is 1. The molecule has 1 aromatic carbocycles. The summed E-state index contributed by atoms with van der Waals surface area (Å²) in [6, 6.07) is 5.14. The number of rotatable bonds is 8. The third-order valence-corrected chi connectivity index (χ3v) is 5.52. The van der Waals surface area contributed by atoms with Gasteiger partial charge in [-0.25, -0.2) is 9.59 Å². The Morgan fingerprint density at radius 2 is 1.58 bits per heavy atom. The molecule has 1 aromatic heterocycles. The molecule has 0 saturated heterocycles. The van der Waals surface area contributed by atoms with Crippen molar-refractivity contribution in [1.82, 2.24) is 9.88 Å². The summed E-state index contributed by atoms with van der Waals surface area (Å²) >= 11 is 0. The van der Waals surface area contributed by atoms with Crippen molar-refractivity contribution in [3.8, 4) is 0 Å². The second kappa shape index (κ2) is 9.40. The number of carbonyl (C=O) groups is 5. The highest BCUT2D eigenvalue weighted by molar-refractivity contribution is 6.22. The zero-order chi connectivity index (χ0) is 24.4. The van der Waals surface area contributed by atoms with Crippen molar-refractivity contribution in [2.45, 2.75) is 40.7 Å². The van der Waals surface area contributed by atoms with Crippen molar-refractivity contribution < 1.29 is 33.4 Å². The summed E-state index contributed by atoms with van der Waals surface area (Å²) in [7, 11) is 0. The van der Waals surface area contributed by atoms with Crippen LogP contribution in [0.2, 0.25) is 0 Å². The first kappa shape index (κ1) is 23.9. The summed E-state index contributed by atoms with van der Waals surface area (Å²) < 4.78 is 10.2. The van der Waals surface area contributed by atoms with E-state index in [0.717, 1.165) is 4.90 Å². The van der Waals surface area contributed by atoms with Crippen molar-refractivity contribution in [3.63, 3.8) is 0 Å². The lowest BCUT2D eigenvalue weighted by atomic mass is 10.0. The topological polar surface area (TPSA) is 123 Å². The Hall–Kier alpha value is -3.75. The van der Waals surface area contributed by atoms with E-state index in [9.17, 15) is 24.0 Å². The third kappa shape index (κ3) is 4.30. The summed E-state index contributed by atoms with van der Waals surface area (Å²) in [6.07, 6.45) is 0. The van der Waals surface area contributed by atoms with Gasteiger partial charge in [0.25, 0.3) is 11.8 Å². The molecule has 0 aliphatic carbocycles. The van der Waals surface area contributed by atoms with E-state index in [4.69, 9.17) is 9.47 Å². The van der Waals surface area contributed by atoms with E-state index in [2.05, 4.69) is 4.98 Å². The second-order valence-corrected chi connectivity index (χ2v) is 8.09. The number of Topliss-reactive ketones (excluding diaryl/α,β-unsaturated/α-hetero) is 1. The van der Waals surface area contributed by atoms with Crippen LogP contribution in [-0.2, 0) is 14.3 Å². The Kier molecular flexibility index (Phi) is 6.81. The highest BCUT2D eigenvalue weighted by Crippen LogP contribution is 2.28. The summed E-state index contributed by atoms with van der Waals surface area (Å²) in [4.78, 5) is 67.1. The number of hydrogen-bond donors (Lipinski definition) is 1. The van der Waals surface area contributed by atoms with E-state index >= 15 is 0 Å². The molecule has 174 valence electrons. The van der Waals surface area contributed by atoms with E-state index in [-0.39, 0.29) is 29.0 Å². The van der Waals surface area contributed by atoms with Crippen LogP contribution in [-0.4, -0.2) is 58.7 Å². The molecule has 3 rings (SSSR count). The number of ketones is 1. The van der Waals surface area contributed by atoms with Gasteiger partial charge in [-0.05, 0) is 44.4 Å². The number of esters is 2. The number of hydrogen-bond acceptors (Lipinski definition) is 7. The van der Waals surface area contributed by atoms with E-state index in [0.29, 0.717) is 11.3 Å². The number of nitrogens with zero attached hydrogens (tertiary/aromatic N) is 1. The average Bonchev–Trinajstić information content (AvgIpc) is 3.20. The molecular weight excluding hydrogens is 428 g/mol. The van der Waals surface area contributed by atoms with Crippen molar-refractivity contribution in [2.24, 2.45) is 5.92 Å². The lowest BCUT2D eigenvalue weighted by Crippen LogP contribution is -2.49. The Balaban J connectivity index is 1.76. The van der Waals surface area contributed by atoms with Gasteiger partial charge in [0.15, 0.2) is 6.61 Å². The van der Waals surface area contributed by atoms with Gasteiger partial charge in [-0.3, -0.25) is 19.3 Å². The monoisotopic (exact) mass is 454 g/mol. The van der Waals surface area contributed by atoms with Gasteiger partial charge in [0.05, 0.1) is 29.0 Å². The predicted molar refractivity (Wildman–Crippen MR) is 117 cm³/mol. The quantitative estimate of drug-likeness (QED) is 0.370. The number of carbonyl (C=O) groups excluding carboxylic acids is 5. The minimum Gasteiger partial charge on any atom is -0.462 e. The standard InChI is InChI=1S/C24H26N2O7/c1-6-32-23(30)18-13(4)19(25-14(18)5)17(27)11-33-24(31)20(12(2)3)26-21(28)15-9-7-8-10-16(15)22(26)29/h7-10,12,20,25H,6,11H2,1-5H3. The molecule has 2 amide bonds. The molecular formula is C24H26N2O7. The molecule has 9 nitrogen and oxygen atoms in total. The molecule has 1 N–H and O–H groups in total. The molecule has 0 radical (unpaired) electrons. The lowest BCUT2D eigenvalue weighted by molar-refractivity contribution is -0.148. The maximum absolute atomic E-state index is 12.9. The maximum atomic E-state index is 12.9. The van der Waals surface area contributed by atoms with E-state index in [1.165, 1.54) is 12.1 Å². The van der Waals surface area contributed by atoms with Gasteiger partial charge >= 0.3 is 11.9 Å². The number of nitrogens with one attached hydrogen (secondary N) is 1. The highest BCUT2D eigenvalue weighted by atomic mass is 16.5. The minimum atomic E-state index is -1.19. The number of aryl methyl sites for hydroxylation is 1. The van der Waals surface area contributed by atoms with Gasteiger partial charge in [-0.2, -0.15) is 0 Å². The molecule has 0 saturated carbocycles. The van der Waals surface area contributed by atoms with Crippen LogP contribution in [0.4, 0.5) is 0 Å². The zero-order valence-electron chi connectivity index (χ0n) is 19.2. The Labute approximate surface area is 191 Å². The molecule has 1 aliphatic heterocycles. The van der Waals surface area contributed by atoms with Crippen LogP contribution in [0.5, 0.6) is 0 Å². The normalized spacial score (nSPS) is 13.8. The van der Waals surface area contributed by atoms with Crippen LogP contribution in [0.3, 0.4) is 0 Å². The zero-order valence-corrected chi connectivity index (χ0v) is 19.2. The largest absolute Gasteiger partial charge is 0.462 e. The second-order valence-electron chi connectivity index (χ2n) is 8.09. The molecule has 0 spiro atoms. The van der Waals surface area contributed by atoms with Crippen LogP contribution in [0.1, 0.15) is 73.6 Å². The number of amides is 2. The smallest absolute Gasteiger partial charge is 0.340 e. The summed E-state index contributed by atoms with van der Waals surface area (Å²) in [5, 5.41) is 0. The number of ether oxygens (including phenoxy) is 2. The van der Waals surface area contributed by atoms with Gasteiger partial charge < -0.3 is 14.5 Å². The highest BCUT2D eigenvalue weighted by Gasteiger charge is 2.44. The Morgan fingerprint density at radius 1 is 1.00 bits per heavy atom. The van der Waals surface area contributed by atoms with Gasteiger partial charge in [-0.1, -0.05) is 26.0 Å². The Morgan fingerprint density at radius 3 is 2.09 bits per heavy atom. The number of aromatic nitrogens is 1. The average molecular weight is 454 g/mol. The van der Waals surface area contributed by atoms with Gasteiger partial charge in [0, 0.05) is 5.69 Å². The van der Waals surface area contributed by atoms with Gasteiger partial charge in [0.1, 0.15) is 6.04 Å². The molecule has 33 heavy (non-hydrogen) atoms. The van der Waals surface area contributed by atoms with Gasteiger partial charge in [0.2, 0.25) is 5.78 Å². The fraction of sp³-hybridized carbons (Fsp3) is 0.375. The van der Waals surface area contributed by atoms with Crippen LogP contribution in [0, 0.1) is 19.8 Å². The molecule has 0 fully saturated rings. The SMILES string of the molecule is CCOC(=O)c1c(C)[nH]c(C(=O)COC(=O)C(C(C)C)N2C(=O)c3ccccc3C2=O)c1C. The minimum absolute atomic E-state index is 0.130. The van der Waals surface area contributed by atoms with Crippen molar-refractivity contribution in [2.75, 3.05) is 13.2 Å². The van der Waals surface area contributed by atoms with E-state index < -0.39 is 48.1 Å². The number of H-pyrrole nitrogens is 1. The number of benzene rings is 1. The third-order valence-electron chi connectivity index (χ3n) is 5.52. The fourth-order valence-corrected chi connectivity index (χ4v) is 3.97. The summed E-state index contributed by atoms with van der Waals surface area (Å²) in [5.41, 5.74) is 1.70. The Bertz CT molecular complexity index is 1110. The van der Waals surface area contributed by atoms with Gasteiger partial charge in [-0.15, -0.1) is 0 Å². The van der Waals surface area contributed by atoms with Crippen LogP contribution < -0.4 is 0 Å². The van der Waals surface area contributed by atoms with Crippen molar-refractivity contribution in [3.05, 3.63) is 57.9 Å². The van der Waals surface area contributed by atoms with E-state index in [1.54, 1.807) is 46.8 Å². The van der Waals surface area contributed by atoms with Crippen LogP contribution >= 0.6 is 0 Å². The molecule has 9 heteroatoms. The van der Waals surface area contributed by atoms with Crippen molar-refractivity contribution in [1.29, 1.82) is 0 Å². The first-order valence-electron chi connectivity index (χ1n) is 10.6. The lowest BCUT2D eigenvalue weighted by Gasteiger charge is -2.27. The molecule has 1 unspecified atom stereocenters. The summed E-state index contributed by atoms with van der Waals surface area (Å²) in [6.45, 7) is 7.86. The molecule has 2 aromatic rings. The molecule has 1 atom stereocenters. The fourth-order valence-electron chi connectivity index (χ4n) is 3.97. The van der Waals surface area contributed by atoms with Crippen molar-refractivity contribution >= 4 is 29.5 Å². The molecule has 0 bridgehead atoms. The van der Waals surface area contributed by atoms with Crippen LogP contribution in [0.25, 0.3) is 0 Å². The predicted octanol–water partition coefficient (Wildman–Crippen LogP) is 2.85. The first-order valence-corrected chi connectivity index (χ1v) is 10.6. The maximum Gasteiger partial charge on any atom is 0.340 e. The number of aromatic amines is 1. The van der Waals surface area contributed by atoms with E-state index in [1.807, 2.05) is 0 Å². The molecule has 2 heterocycles. The van der Waals surface area contributed by atoms with Crippen LogP contribution in [0.15, 0.2) is 24.3 Å².